The number of hydrogen-bond acceptors (Lipinski definition) is 3. The molecular weight excluding hydrogens is 162 g/mol. The minimum absolute atomic E-state index is 0.289. The van der Waals surface area contributed by atoms with Gasteiger partial charge in [0.1, 0.15) is 6.33 Å². The first-order valence-electron chi connectivity index (χ1n) is 4.84. The number of aromatic nitrogens is 2. The van der Waals surface area contributed by atoms with Crippen LogP contribution in [0.2, 0.25) is 0 Å². The molecule has 1 aliphatic rings. The molecule has 0 unspecified atom stereocenters. The molecule has 1 aliphatic carbocycles. The zero-order valence-corrected chi connectivity index (χ0v) is 7.74. The van der Waals surface area contributed by atoms with Crippen LogP contribution in [0.15, 0.2) is 18.6 Å². The van der Waals surface area contributed by atoms with Crippen LogP contribution in [-0.4, -0.2) is 16.5 Å². The first kappa shape index (κ1) is 8.63. The van der Waals surface area contributed by atoms with Crippen LogP contribution in [0.3, 0.4) is 0 Å². The van der Waals surface area contributed by atoms with E-state index in [-0.39, 0.29) is 5.41 Å². The minimum Gasteiger partial charge on any atom is -0.330 e. The summed E-state index contributed by atoms with van der Waals surface area (Å²) in [5.41, 5.74) is 7.09. The van der Waals surface area contributed by atoms with E-state index in [1.54, 1.807) is 6.33 Å². The van der Waals surface area contributed by atoms with Gasteiger partial charge in [-0.2, -0.15) is 0 Å². The largest absolute Gasteiger partial charge is 0.330 e. The zero-order valence-electron chi connectivity index (χ0n) is 7.74. The Hall–Kier alpha value is -0.960. The van der Waals surface area contributed by atoms with Gasteiger partial charge in [-0.25, -0.2) is 9.97 Å². The smallest absolute Gasteiger partial charge is 0.115 e. The average molecular weight is 177 g/mol. The third kappa shape index (κ3) is 1.44. The molecule has 2 rings (SSSR count). The second kappa shape index (κ2) is 3.42. The van der Waals surface area contributed by atoms with Crippen molar-refractivity contribution in [1.82, 2.24) is 9.97 Å². The molecule has 0 bridgehead atoms. The molecule has 0 aliphatic heterocycles. The molecule has 0 spiro atoms. The fourth-order valence-corrected chi connectivity index (χ4v) is 2.12. The van der Waals surface area contributed by atoms with Crippen molar-refractivity contribution in [2.24, 2.45) is 5.73 Å². The summed E-state index contributed by atoms with van der Waals surface area (Å²) in [6, 6.07) is 2.02. The first-order chi connectivity index (χ1) is 6.37. The Balaban J connectivity index is 2.22. The van der Waals surface area contributed by atoms with Crippen molar-refractivity contribution in [3.63, 3.8) is 0 Å². The third-order valence-electron chi connectivity index (χ3n) is 3.06. The van der Waals surface area contributed by atoms with Crippen LogP contribution in [0.5, 0.6) is 0 Å². The van der Waals surface area contributed by atoms with Crippen molar-refractivity contribution in [3.8, 4) is 0 Å². The van der Waals surface area contributed by atoms with Crippen LogP contribution in [0, 0.1) is 0 Å². The Morgan fingerprint density at radius 1 is 1.46 bits per heavy atom. The molecule has 2 N–H and O–H groups in total. The fourth-order valence-electron chi connectivity index (χ4n) is 2.12. The molecule has 3 heteroatoms. The molecule has 1 heterocycles. The summed E-state index contributed by atoms with van der Waals surface area (Å²) < 4.78 is 0. The van der Waals surface area contributed by atoms with Crippen molar-refractivity contribution in [2.75, 3.05) is 6.54 Å². The average Bonchev–Trinajstić information content (AvgIpc) is 2.13. The number of hydrogen-bond donors (Lipinski definition) is 1. The summed E-state index contributed by atoms with van der Waals surface area (Å²) in [6.45, 7) is 0.754. The van der Waals surface area contributed by atoms with Gasteiger partial charge >= 0.3 is 0 Å². The molecule has 1 aromatic heterocycles. The molecule has 0 amide bonds. The lowest BCUT2D eigenvalue weighted by atomic mass is 9.64. The van der Waals surface area contributed by atoms with Gasteiger partial charge in [0, 0.05) is 17.3 Å². The van der Waals surface area contributed by atoms with Crippen LogP contribution in [-0.2, 0) is 5.41 Å². The summed E-state index contributed by atoms with van der Waals surface area (Å²) in [4.78, 5) is 8.26. The quantitative estimate of drug-likeness (QED) is 0.756. The van der Waals surface area contributed by atoms with E-state index in [0.717, 1.165) is 13.0 Å². The van der Waals surface area contributed by atoms with E-state index < -0.39 is 0 Å². The molecule has 70 valence electrons. The van der Waals surface area contributed by atoms with E-state index >= 15 is 0 Å². The maximum Gasteiger partial charge on any atom is 0.115 e. The standard InChI is InChI=1S/C10H15N3/c11-6-5-10(3-1-4-10)9-2-7-12-8-13-9/h2,7-8H,1,3-6,11H2. The summed E-state index contributed by atoms with van der Waals surface area (Å²) in [5, 5.41) is 0. The van der Waals surface area contributed by atoms with Gasteiger partial charge in [-0.05, 0) is 31.9 Å². The van der Waals surface area contributed by atoms with E-state index in [1.807, 2.05) is 12.3 Å². The lowest BCUT2D eigenvalue weighted by Crippen LogP contribution is -2.37. The maximum absolute atomic E-state index is 5.62. The first-order valence-corrected chi connectivity index (χ1v) is 4.84. The Kier molecular flexibility index (Phi) is 2.27. The molecule has 1 aromatic rings. The molecule has 3 nitrogen and oxygen atoms in total. The normalized spacial score (nSPS) is 19.5. The Morgan fingerprint density at radius 3 is 2.77 bits per heavy atom. The fraction of sp³-hybridized carbons (Fsp3) is 0.600. The molecule has 0 atom stereocenters. The highest BCUT2D eigenvalue weighted by atomic mass is 14.8. The molecular formula is C10H15N3. The second-order valence-corrected chi connectivity index (χ2v) is 3.77. The second-order valence-electron chi connectivity index (χ2n) is 3.77. The van der Waals surface area contributed by atoms with Crippen LogP contribution in [0.4, 0.5) is 0 Å². The van der Waals surface area contributed by atoms with E-state index in [0.29, 0.717) is 0 Å². The highest BCUT2D eigenvalue weighted by molar-refractivity contribution is 5.18. The molecule has 0 radical (unpaired) electrons. The summed E-state index contributed by atoms with van der Waals surface area (Å²) in [5.74, 6) is 0. The van der Waals surface area contributed by atoms with Crippen molar-refractivity contribution in [3.05, 3.63) is 24.3 Å². The SMILES string of the molecule is NCCC1(c2ccncn2)CCC1. The minimum atomic E-state index is 0.289. The predicted octanol–water partition coefficient (Wildman–Crippen LogP) is 1.25. The lowest BCUT2D eigenvalue weighted by Gasteiger charge is -2.41. The van der Waals surface area contributed by atoms with E-state index in [9.17, 15) is 0 Å². The number of nitrogens with two attached hydrogens (primary N) is 1. The summed E-state index contributed by atoms with van der Waals surface area (Å²) >= 11 is 0. The Labute approximate surface area is 78.4 Å². The van der Waals surface area contributed by atoms with Crippen LogP contribution in [0.1, 0.15) is 31.4 Å². The highest BCUT2D eigenvalue weighted by Gasteiger charge is 2.38. The van der Waals surface area contributed by atoms with Gasteiger partial charge in [0.25, 0.3) is 0 Å². The van der Waals surface area contributed by atoms with Gasteiger partial charge in [0.15, 0.2) is 0 Å². The van der Waals surface area contributed by atoms with Crippen molar-refractivity contribution >= 4 is 0 Å². The van der Waals surface area contributed by atoms with Gasteiger partial charge in [-0.1, -0.05) is 6.42 Å². The van der Waals surface area contributed by atoms with Crippen LogP contribution >= 0.6 is 0 Å². The molecule has 1 saturated carbocycles. The topological polar surface area (TPSA) is 51.8 Å². The van der Waals surface area contributed by atoms with Gasteiger partial charge in [-0.15, -0.1) is 0 Å². The van der Waals surface area contributed by atoms with E-state index in [1.165, 1.54) is 25.0 Å². The van der Waals surface area contributed by atoms with Gasteiger partial charge in [-0.3, -0.25) is 0 Å². The summed E-state index contributed by atoms with van der Waals surface area (Å²) in [7, 11) is 0. The molecule has 0 saturated heterocycles. The van der Waals surface area contributed by atoms with Crippen LogP contribution in [0.25, 0.3) is 0 Å². The maximum atomic E-state index is 5.62. The lowest BCUT2D eigenvalue weighted by molar-refractivity contribution is 0.222. The van der Waals surface area contributed by atoms with Gasteiger partial charge in [0.2, 0.25) is 0 Å². The van der Waals surface area contributed by atoms with Crippen molar-refractivity contribution < 1.29 is 0 Å². The van der Waals surface area contributed by atoms with Gasteiger partial charge in [0.05, 0.1) is 0 Å². The molecule has 13 heavy (non-hydrogen) atoms. The Morgan fingerprint density at radius 2 is 2.31 bits per heavy atom. The third-order valence-corrected chi connectivity index (χ3v) is 3.06. The monoisotopic (exact) mass is 177 g/mol. The number of nitrogens with zero attached hydrogens (tertiary/aromatic N) is 2. The van der Waals surface area contributed by atoms with Crippen LogP contribution < -0.4 is 5.73 Å². The number of rotatable bonds is 3. The summed E-state index contributed by atoms with van der Waals surface area (Å²) in [6.07, 6.45) is 8.29. The van der Waals surface area contributed by atoms with E-state index in [4.69, 9.17) is 5.73 Å². The van der Waals surface area contributed by atoms with Crippen molar-refractivity contribution in [1.29, 1.82) is 0 Å². The predicted molar refractivity (Wildman–Crippen MR) is 51.2 cm³/mol. The highest BCUT2D eigenvalue weighted by Crippen LogP contribution is 2.44. The van der Waals surface area contributed by atoms with E-state index in [2.05, 4.69) is 9.97 Å². The molecule has 0 aromatic carbocycles. The Bertz CT molecular complexity index is 267. The molecule has 1 fully saturated rings. The zero-order chi connectivity index (χ0) is 9.15. The van der Waals surface area contributed by atoms with Gasteiger partial charge < -0.3 is 5.73 Å². The van der Waals surface area contributed by atoms with Crippen molar-refractivity contribution in [2.45, 2.75) is 31.1 Å².